The fourth-order valence-electron chi connectivity index (χ4n) is 1.79. The molecule has 4 nitrogen and oxygen atoms in total. The van der Waals surface area contributed by atoms with Gasteiger partial charge < -0.3 is 10.0 Å². The number of halogens is 1. The van der Waals surface area contributed by atoms with E-state index in [1.807, 2.05) is 24.3 Å². The second-order valence-electron chi connectivity index (χ2n) is 4.75. The highest BCUT2D eigenvalue weighted by Crippen LogP contribution is 2.18. The van der Waals surface area contributed by atoms with Crippen molar-refractivity contribution in [1.29, 1.82) is 0 Å². The molecular weight excluding hydrogens is 310 g/mol. The van der Waals surface area contributed by atoms with E-state index in [2.05, 4.69) is 15.9 Å². The Labute approximate surface area is 121 Å². The van der Waals surface area contributed by atoms with Crippen molar-refractivity contribution in [2.45, 2.75) is 26.3 Å². The summed E-state index contributed by atoms with van der Waals surface area (Å²) in [6.07, 6.45) is 0.280. The number of carbonyl (C=O) groups excluding carboxylic acids is 1. The fraction of sp³-hybridized carbons (Fsp3) is 0.429. The number of hydrogen-bond donors (Lipinski definition) is 1. The monoisotopic (exact) mass is 327 g/mol. The van der Waals surface area contributed by atoms with Crippen LogP contribution in [0.2, 0.25) is 0 Å². The summed E-state index contributed by atoms with van der Waals surface area (Å²) in [5.74, 6) is -1.05. The van der Waals surface area contributed by atoms with E-state index in [1.165, 1.54) is 0 Å². The van der Waals surface area contributed by atoms with Crippen LogP contribution in [0.5, 0.6) is 0 Å². The van der Waals surface area contributed by atoms with Gasteiger partial charge in [-0.25, -0.2) is 0 Å². The van der Waals surface area contributed by atoms with E-state index in [9.17, 15) is 9.59 Å². The SMILES string of the molecule is CC(CC(=O)O)CC(=O)N(C)Cc1ccccc1Br. The Morgan fingerprint density at radius 1 is 1.32 bits per heavy atom. The highest BCUT2D eigenvalue weighted by Gasteiger charge is 2.16. The zero-order valence-corrected chi connectivity index (χ0v) is 12.7. The molecule has 0 aliphatic rings. The van der Waals surface area contributed by atoms with Crippen molar-refractivity contribution in [2.24, 2.45) is 5.92 Å². The maximum atomic E-state index is 12.0. The van der Waals surface area contributed by atoms with Crippen LogP contribution in [0.1, 0.15) is 25.3 Å². The number of hydrogen-bond acceptors (Lipinski definition) is 2. The molecule has 0 aliphatic heterocycles. The third kappa shape index (κ3) is 5.42. The van der Waals surface area contributed by atoms with Gasteiger partial charge in [0.05, 0.1) is 0 Å². The molecule has 1 aromatic carbocycles. The number of aliphatic carboxylic acids is 1. The van der Waals surface area contributed by atoms with Gasteiger partial charge in [0.15, 0.2) is 0 Å². The minimum atomic E-state index is -0.867. The molecule has 1 unspecified atom stereocenters. The minimum Gasteiger partial charge on any atom is -0.481 e. The standard InChI is InChI=1S/C14H18BrNO3/c1-10(8-14(18)19)7-13(17)16(2)9-11-5-3-4-6-12(11)15/h3-6,10H,7-9H2,1-2H3,(H,18,19). The third-order valence-corrected chi connectivity index (χ3v) is 3.61. The summed E-state index contributed by atoms with van der Waals surface area (Å²) in [6, 6.07) is 7.73. The van der Waals surface area contributed by atoms with Crippen molar-refractivity contribution >= 4 is 27.8 Å². The first kappa shape index (κ1) is 15.7. The maximum Gasteiger partial charge on any atom is 0.303 e. The first-order valence-corrected chi connectivity index (χ1v) is 6.88. The lowest BCUT2D eigenvalue weighted by Crippen LogP contribution is -2.28. The van der Waals surface area contributed by atoms with E-state index >= 15 is 0 Å². The summed E-state index contributed by atoms with van der Waals surface area (Å²) in [4.78, 5) is 24.2. The molecule has 1 aromatic rings. The zero-order valence-electron chi connectivity index (χ0n) is 11.1. The third-order valence-electron chi connectivity index (χ3n) is 2.84. The fourth-order valence-corrected chi connectivity index (χ4v) is 2.20. The molecule has 0 spiro atoms. The molecular formula is C14H18BrNO3. The van der Waals surface area contributed by atoms with Crippen molar-refractivity contribution in [2.75, 3.05) is 7.05 Å². The zero-order chi connectivity index (χ0) is 14.4. The molecule has 0 saturated heterocycles. The molecule has 5 heteroatoms. The van der Waals surface area contributed by atoms with Crippen LogP contribution in [0.25, 0.3) is 0 Å². The molecule has 1 amide bonds. The van der Waals surface area contributed by atoms with Crippen molar-refractivity contribution in [3.8, 4) is 0 Å². The van der Waals surface area contributed by atoms with Crippen LogP contribution in [-0.4, -0.2) is 28.9 Å². The predicted octanol–water partition coefficient (Wildman–Crippen LogP) is 2.91. The second-order valence-corrected chi connectivity index (χ2v) is 5.60. The number of amides is 1. The second kappa shape index (κ2) is 7.28. The number of nitrogens with zero attached hydrogens (tertiary/aromatic N) is 1. The lowest BCUT2D eigenvalue weighted by atomic mass is 10.0. The van der Waals surface area contributed by atoms with E-state index in [4.69, 9.17) is 5.11 Å². The van der Waals surface area contributed by atoms with Crippen LogP contribution in [-0.2, 0) is 16.1 Å². The van der Waals surface area contributed by atoms with Gasteiger partial charge in [-0.05, 0) is 17.5 Å². The number of carbonyl (C=O) groups is 2. The average molecular weight is 328 g/mol. The Hall–Kier alpha value is -1.36. The van der Waals surface area contributed by atoms with Crippen LogP contribution in [0.3, 0.4) is 0 Å². The van der Waals surface area contributed by atoms with E-state index in [0.29, 0.717) is 6.54 Å². The summed E-state index contributed by atoms with van der Waals surface area (Å²) in [6.45, 7) is 2.29. The van der Waals surface area contributed by atoms with Crippen LogP contribution in [0.15, 0.2) is 28.7 Å². The highest BCUT2D eigenvalue weighted by atomic mass is 79.9. The van der Waals surface area contributed by atoms with Gasteiger partial charge in [-0.15, -0.1) is 0 Å². The van der Waals surface area contributed by atoms with Gasteiger partial charge in [0, 0.05) is 30.9 Å². The highest BCUT2D eigenvalue weighted by molar-refractivity contribution is 9.10. The first-order valence-electron chi connectivity index (χ1n) is 6.09. The van der Waals surface area contributed by atoms with Crippen molar-refractivity contribution < 1.29 is 14.7 Å². The van der Waals surface area contributed by atoms with E-state index in [1.54, 1.807) is 18.9 Å². The smallest absolute Gasteiger partial charge is 0.303 e. The Bertz CT molecular complexity index is 462. The lowest BCUT2D eigenvalue weighted by Gasteiger charge is -2.19. The first-order chi connectivity index (χ1) is 8.90. The molecule has 0 saturated carbocycles. The Kier molecular flexibility index (Phi) is 6.02. The van der Waals surface area contributed by atoms with Crippen LogP contribution in [0, 0.1) is 5.92 Å². The van der Waals surface area contributed by atoms with Gasteiger partial charge in [-0.3, -0.25) is 9.59 Å². The number of carboxylic acid groups (broad SMARTS) is 1. The molecule has 1 rings (SSSR count). The van der Waals surface area contributed by atoms with Gasteiger partial charge in [-0.1, -0.05) is 41.1 Å². The summed E-state index contributed by atoms with van der Waals surface area (Å²) < 4.78 is 0.966. The van der Waals surface area contributed by atoms with Crippen LogP contribution < -0.4 is 0 Å². The van der Waals surface area contributed by atoms with E-state index in [0.717, 1.165) is 10.0 Å². The number of carboxylic acids is 1. The normalized spacial score (nSPS) is 11.9. The van der Waals surface area contributed by atoms with Gasteiger partial charge in [0.2, 0.25) is 5.91 Å². The molecule has 1 N–H and O–H groups in total. The molecule has 104 valence electrons. The van der Waals surface area contributed by atoms with Crippen LogP contribution >= 0.6 is 15.9 Å². The van der Waals surface area contributed by atoms with Gasteiger partial charge in [0.1, 0.15) is 0 Å². The van der Waals surface area contributed by atoms with Crippen molar-refractivity contribution in [3.63, 3.8) is 0 Å². The van der Waals surface area contributed by atoms with Crippen LogP contribution in [0.4, 0.5) is 0 Å². The number of benzene rings is 1. The molecule has 1 atom stereocenters. The van der Waals surface area contributed by atoms with Gasteiger partial charge in [-0.2, -0.15) is 0 Å². The summed E-state index contributed by atoms with van der Waals surface area (Å²) in [5.41, 5.74) is 1.03. The molecule has 19 heavy (non-hydrogen) atoms. The summed E-state index contributed by atoms with van der Waals surface area (Å²) in [7, 11) is 1.73. The molecule has 0 heterocycles. The summed E-state index contributed by atoms with van der Waals surface area (Å²) >= 11 is 3.44. The molecule has 0 radical (unpaired) electrons. The molecule has 0 aliphatic carbocycles. The minimum absolute atomic E-state index is 0.0224. The largest absolute Gasteiger partial charge is 0.481 e. The number of rotatable bonds is 6. The van der Waals surface area contributed by atoms with Crippen molar-refractivity contribution in [3.05, 3.63) is 34.3 Å². The lowest BCUT2D eigenvalue weighted by molar-refractivity contribution is -0.138. The van der Waals surface area contributed by atoms with Gasteiger partial charge in [0.25, 0.3) is 0 Å². The Morgan fingerprint density at radius 2 is 1.95 bits per heavy atom. The topological polar surface area (TPSA) is 57.6 Å². The molecule has 0 aromatic heterocycles. The van der Waals surface area contributed by atoms with Crippen molar-refractivity contribution in [1.82, 2.24) is 4.90 Å². The molecule has 0 bridgehead atoms. The maximum absolute atomic E-state index is 12.0. The summed E-state index contributed by atoms with van der Waals surface area (Å²) in [5, 5.41) is 8.68. The molecule has 0 fully saturated rings. The van der Waals surface area contributed by atoms with E-state index in [-0.39, 0.29) is 24.7 Å². The van der Waals surface area contributed by atoms with Gasteiger partial charge >= 0.3 is 5.97 Å². The van der Waals surface area contributed by atoms with E-state index < -0.39 is 5.97 Å². The average Bonchev–Trinajstić information content (AvgIpc) is 2.30. The quantitative estimate of drug-likeness (QED) is 0.873. The Morgan fingerprint density at radius 3 is 2.53 bits per heavy atom. The Balaban J connectivity index is 2.54. The predicted molar refractivity (Wildman–Crippen MR) is 76.6 cm³/mol.